The fourth-order valence-electron chi connectivity index (χ4n) is 1.64. The van der Waals surface area contributed by atoms with Gasteiger partial charge in [-0.2, -0.15) is 0 Å². The molecule has 0 atom stereocenters. The van der Waals surface area contributed by atoms with Crippen molar-refractivity contribution in [2.24, 2.45) is 0 Å². The monoisotopic (exact) mass is 230 g/mol. The Morgan fingerprint density at radius 3 is 1.62 bits per heavy atom. The lowest BCUT2D eigenvalue weighted by Gasteiger charge is -2.24. The van der Waals surface area contributed by atoms with Gasteiger partial charge in [-0.3, -0.25) is 0 Å². The van der Waals surface area contributed by atoms with Crippen LogP contribution in [0, 0.1) is 0 Å². The van der Waals surface area contributed by atoms with Crippen molar-refractivity contribution in [3.8, 4) is 0 Å². The van der Waals surface area contributed by atoms with E-state index in [1.165, 1.54) is 32.5 Å². The highest BCUT2D eigenvalue weighted by atomic mass is 15.2. The van der Waals surface area contributed by atoms with Crippen LogP contribution in [0.25, 0.3) is 0 Å². The van der Waals surface area contributed by atoms with Crippen molar-refractivity contribution in [1.82, 2.24) is 20.4 Å². The predicted molar refractivity (Wildman–Crippen MR) is 72.1 cm³/mol. The van der Waals surface area contributed by atoms with Gasteiger partial charge in [0.05, 0.1) is 0 Å². The molecule has 16 heavy (non-hydrogen) atoms. The minimum Gasteiger partial charge on any atom is -0.320 e. The van der Waals surface area contributed by atoms with Gasteiger partial charge in [-0.25, -0.2) is 0 Å². The Balaban J connectivity index is 3.67. The molecule has 0 aromatic heterocycles. The number of likely N-dealkylation sites (N-methyl/N-ethyl adjacent to an activating group) is 1. The fourth-order valence-corrected chi connectivity index (χ4v) is 1.64. The van der Waals surface area contributed by atoms with Gasteiger partial charge in [0.15, 0.2) is 0 Å². The van der Waals surface area contributed by atoms with E-state index in [2.05, 4.69) is 34.5 Å². The molecule has 0 aliphatic heterocycles. The van der Waals surface area contributed by atoms with Gasteiger partial charge >= 0.3 is 0 Å². The van der Waals surface area contributed by atoms with Crippen LogP contribution < -0.4 is 10.6 Å². The number of hydrogen-bond acceptors (Lipinski definition) is 4. The fraction of sp³-hybridized carbons (Fsp3) is 1.00. The lowest BCUT2D eigenvalue weighted by Crippen LogP contribution is -2.35. The Kier molecular flexibility index (Phi) is 11.2. The van der Waals surface area contributed by atoms with Crippen LogP contribution in [0.5, 0.6) is 0 Å². The van der Waals surface area contributed by atoms with E-state index in [-0.39, 0.29) is 0 Å². The number of hydrogen-bond donors (Lipinski definition) is 2. The topological polar surface area (TPSA) is 30.5 Å². The quantitative estimate of drug-likeness (QED) is 0.492. The third-order valence-electron chi connectivity index (χ3n) is 2.67. The van der Waals surface area contributed by atoms with Crippen LogP contribution in [0.15, 0.2) is 0 Å². The summed E-state index contributed by atoms with van der Waals surface area (Å²) in [6, 6.07) is 0. The van der Waals surface area contributed by atoms with Crippen molar-refractivity contribution in [3.63, 3.8) is 0 Å². The summed E-state index contributed by atoms with van der Waals surface area (Å²) >= 11 is 0. The van der Waals surface area contributed by atoms with Gasteiger partial charge in [-0.1, -0.05) is 0 Å². The molecule has 0 spiro atoms. The van der Waals surface area contributed by atoms with Crippen LogP contribution in [0.3, 0.4) is 0 Å². The number of rotatable bonds is 11. The molecule has 0 fully saturated rings. The van der Waals surface area contributed by atoms with Crippen LogP contribution >= 0.6 is 0 Å². The standard InChI is InChI=1S/C12H30N4/c1-13-7-5-9-16(10-6-8-14-2)12-11-15(3)4/h13-14H,5-12H2,1-4H3. The summed E-state index contributed by atoms with van der Waals surface area (Å²) in [6.45, 7) is 6.98. The third-order valence-corrected chi connectivity index (χ3v) is 2.67. The highest BCUT2D eigenvalue weighted by Gasteiger charge is 2.04. The summed E-state index contributed by atoms with van der Waals surface area (Å²) in [5.41, 5.74) is 0. The minimum atomic E-state index is 1.12. The molecule has 0 unspecified atom stereocenters. The molecule has 4 nitrogen and oxygen atoms in total. The zero-order valence-electron chi connectivity index (χ0n) is 11.6. The smallest absolute Gasteiger partial charge is 0.0109 e. The molecule has 0 heterocycles. The molecule has 2 N–H and O–H groups in total. The lowest BCUT2D eigenvalue weighted by atomic mass is 10.3. The first-order chi connectivity index (χ1) is 7.70. The molecule has 0 amide bonds. The molecular formula is C12H30N4. The largest absolute Gasteiger partial charge is 0.320 e. The van der Waals surface area contributed by atoms with Crippen molar-refractivity contribution in [2.45, 2.75) is 12.8 Å². The van der Waals surface area contributed by atoms with Gasteiger partial charge in [0.25, 0.3) is 0 Å². The van der Waals surface area contributed by atoms with Crippen LogP contribution in [0.1, 0.15) is 12.8 Å². The van der Waals surface area contributed by atoms with E-state index >= 15 is 0 Å². The van der Waals surface area contributed by atoms with E-state index in [0.717, 1.165) is 19.6 Å². The molecule has 0 radical (unpaired) electrons. The highest BCUT2D eigenvalue weighted by molar-refractivity contribution is 4.61. The van der Waals surface area contributed by atoms with Gasteiger partial charge in [0, 0.05) is 13.1 Å². The Hall–Kier alpha value is -0.160. The Morgan fingerprint density at radius 2 is 1.25 bits per heavy atom. The Morgan fingerprint density at radius 1 is 0.750 bits per heavy atom. The Bertz CT molecular complexity index is 129. The first kappa shape index (κ1) is 15.8. The van der Waals surface area contributed by atoms with E-state index in [4.69, 9.17) is 0 Å². The molecule has 4 heteroatoms. The van der Waals surface area contributed by atoms with Crippen molar-refractivity contribution in [3.05, 3.63) is 0 Å². The predicted octanol–water partition coefficient (Wildman–Crippen LogP) is 0.0690. The van der Waals surface area contributed by atoms with Gasteiger partial charge in [-0.05, 0) is 67.2 Å². The van der Waals surface area contributed by atoms with Crippen molar-refractivity contribution in [2.75, 3.05) is 67.5 Å². The van der Waals surface area contributed by atoms with E-state index in [9.17, 15) is 0 Å². The van der Waals surface area contributed by atoms with Crippen LogP contribution in [-0.2, 0) is 0 Å². The van der Waals surface area contributed by atoms with Gasteiger partial charge in [0.1, 0.15) is 0 Å². The molecule has 0 aliphatic carbocycles. The van der Waals surface area contributed by atoms with Gasteiger partial charge in [0.2, 0.25) is 0 Å². The summed E-state index contributed by atoms with van der Waals surface area (Å²) in [5.74, 6) is 0. The maximum atomic E-state index is 3.21. The molecule has 98 valence electrons. The summed E-state index contributed by atoms with van der Waals surface area (Å²) < 4.78 is 0. The van der Waals surface area contributed by atoms with E-state index in [1.807, 2.05) is 14.1 Å². The Labute approximate surface area is 101 Å². The second-order valence-electron chi connectivity index (χ2n) is 4.56. The van der Waals surface area contributed by atoms with Gasteiger partial charge < -0.3 is 20.4 Å². The van der Waals surface area contributed by atoms with Crippen LogP contribution in [0.2, 0.25) is 0 Å². The third kappa shape index (κ3) is 10.4. The molecular weight excluding hydrogens is 200 g/mol. The van der Waals surface area contributed by atoms with Crippen LogP contribution in [-0.4, -0.2) is 77.3 Å². The van der Waals surface area contributed by atoms with Crippen molar-refractivity contribution in [1.29, 1.82) is 0 Å². The molecule has 0 aliphatic rings. The average Bonchev–Trinajstić information content (AvgIpc) is 2.25. The normalized spacial score (nSPS) is 11.6. The zero-order valence-corrected chi connectivity index (χ0v) is 11.6. The van der Waals surface area contributed by atoms with Gasteiger partial charge in [-0.15, -0.1) is 0 Å². The van der Waals surface area contributed by atoms with Crippen molar-refractivity contribution >= 4 is 0 Å². The SMILES string of the molecule is CNCCCN(CCCNC)CCN(C)C. The van der Waals surface area contributed by atoms with Crippen molar-refractivity contribution < 1.29 is 0 Å². The second-order valence-corrected chi connectivity index (χ2v) is 4.56. The number of nitrogens with one attached hydrogen (secondary N) is 2. The molecule has 0 aromatic rings. The van der Waals surface area contributed by atoms with E-state index < -0.39 is 0 Å². The average molecular weight is 230 g/mol. The maximum Gasteiger partial charge on any atom is 0.0109 e. The summed E-state index contributed by atoms with van der Waals surface area (Å²) in [5, 5.41) is 6.41. The van der Waals surface area contributed by atoms with Crippen LogP contribution in [0.4, 0.5) is 0 Å². The summed E-state index contributed by atoms with van der Waals surface area (Å²) in [6.07, 6.45) is 2.48. The molecule has 0 saturated carbocycles. The molecule has 0 saturated heterocycles. The second kappa shape index (κ2) is 11.3. The molecule has 0 bridgehead atoms. The summed E-state index contributed by atoms with van der Waals surface area (Å²) in [7, 11) is 8.31. The number of nitrogens with zero attached hydrogens (tertiary/aromatic N) is 2. The zero-order chi connectivity index (χ0) is 12.2. The molecule has 0 aromatic carbocycles. The first-order valence-electron chi connectivity index (χ1n) is 6.37. The highest BCUT2D eigenvalue weighted by Crippen LogP contribution is 1.94. The molecule has 0 rings (SSSR count). The first-order valence-corrected chi connectivity index (χ1v) is 6.37. The summed E-state index contributed by atoms with van der Waals surface area (Å²) in [4.78, 5) is 4.82. The minimum absolute atomic E-state index is 1.12. The van der Waals surface area contributed by atoms with E-state index in [0.29, 0.717) is 0 Å². The van der Waals surface area contributed by atoms with E-state index in [1.54, 1.807) is 0 Å². The maximum absolute atomic E-state index is 3.21. The lowest BCUT2D eigenvalue weighted by molar-refractivity contribution is 0.235.